The van der Waals surface area contributed by atoms with Gasteiger partial charge in [0.25, 0.3) is 0 Å². The van der Waals surface area contributed by atoms with E-state index in [4.69, 9.17) is 19.4 Å². The van der Waals surface area contributed by atoms with Crippen molar-refractivity contribution < 1.29 is 14.3 Å². The Hall–Kier alpha value is -4.21. The molecule has 2 atom stereocenters. The van der Waals surface area contributed by atoms with E-state index in [1.807, 2.05) is 37.3 Å². The van der Waals surface area contributed by atoms with Crippen molar-refractivity contribution in [2.75, 3.05) is 74.3 Å². The smallest absolute Gasteiger partial charge is 0.227 e. The van der Waals surface area contributed by atoms with Crippen LogP contribution in [-0.2, 0) is 20.7 Å². The Kier molecular flexibility index (Phi) is 10.3. The fourth-order valence-corrected chi connectivity index (χ4v) is 6.14. The lowest BCUT2D eigenvalue weighted by atomic mass is 9.95. The lowest BCUT2D eigenvalue weighted by Crippen LogP contribution is -2.41. The van der Waals surface area contributed by atoms with E-state index >= 15 is 0 Å². The van der Waals surface area contributed by atoms with Gasteiger partial charge in [0.05, 0.1) is 49.4 Å². The van der Waals surface area contributed by atoms with Crippen LogP contribution in [0, 0.1) is 5.92 Å². The van der Waals surface area contributed by atoms with Crippen LogP contribution < -0.4 is 20.4 Å². The number of amides is 1. The Morgan fingerprint density at radius 2 is 1.37 bits per heavy atom. The van der Waals surface area contributed by atoms with E-state index < -0.39 is 0 Å². The van der Waals surface area contributed by atoms with E-state index in [1.165, 1.54) is 5.56 Å². The molecular formula is C37H46N6O3. The summed E-state index contributed by atoms with van der Waals surface area (Å²) in [4.78, 5) is 28.4. The van der Waals surface area contributed by atoms with E-state index in [-0.39, 0.29) is 17.9 Å². The number of rotatable bonds is 11. The topological polar surface area (TPSA) is 91.9 Å². The SMILES string of the molecule is CC(C)Cc1ccc(C(C)C(=O)N[C@H](CNc2ccc3nc(N4CCOCC4)c(N4CCOCC4)nc3c2)c2ccccc2)cc1. The number of morpholine rings is 2. The molecule has 0 spiro atoms. The Morgan fingerprint density at radius 3 is 1.98 bits per heavy atom. The summed E-state index contributed by atoms with van der Waals surface area (Å²) in [7, 11) is 0. The molecule has 0 radical (unpaired) electrons. The molecule has 242 valence electrons. The first-order valence-corrected chi connectivity index (χ1v) is 16.6. The van der Waals surface area contributed by atoms with Gasteiger partial charge in [-0.25, -0.2) is 9.97 Å². The largest absolute Gasteiger partial charge is 0.383 e. The van der Waals surface area contributed by atoms with E-state index in [9.17, 15) is 4.79 Å². The van der Waals surface area contributed by atoms with Gasteiger partial charge in [0.15, 0.2) is 11.6 Å². The van der Waals surface area contributed by atoms with Crippen LogP contribution in [0.4, 0.5) is 17.3 Å². The van der Waals surface area contributed by atoms with Crippen LogP contribution in [0.5, 0.6) is 0 Å². The summed E-state index contributed by atoms with van der Waals surface area (Å²) in [6.07, 6.45) is 1.03. The highest BCUT2D eigenvalue weighted by atomic mass is 16.5. The zero-order valence-electron chi connectivity index (χ0n) is 27.2. The molecule has 9 nitrogen and oxygen atoms in total. The first-order chi connectivity index (χ1) is 22.4. The van der Waals surface area contributed by atoms with Gasteiger partial charge < -0.3 is 29.9 Å². The molecule has 4 aromatic rings. The molecular weight excluding hydrogens is 576 g/mol. The minimum absolute atomic E-state index is 0.00226. The first-order valence-electron chi connectivity index (χ1n) is 16.6. The Balaban J connectivity index is 1.20. The molecule has 3 aromatic carbocycles. The Labute approximate surface area is 272 Å². The Morgan fingerprint density at radius 1 is 0.761 bits per heavy atom. The minimum Gasteiger partial charge on any atom is -0.383 e. The molecule has 0 aliphatic carbocycles. The summed E-state index contributed by atoms with van der Waals surface area (Å²) in [5.74, 6) is 2.14. The van der Waals surface area contributed by atoms with Gasteiger partial charge in [-0.1, -0.05) is 68.4 Å². The molecule has 2 aliphatic heterocycles. The number of fused-ring (bicyclic) bond motifs is 1. The molecule has 1 aromatic heterocycles. The van der Waals surface area contributed by atoms with Crippen LogP contribution >= 0.6 is 0 Å². The fraction of sp³-hybridized carbons (Fsp3) is 0.432. The third-order valence-electron chi connectivity index (χ3n) is 8.80. The van der Waals surface area contributed by atoms with Gasteiger partial charge in [-0.05, 0) is 54.2 Å². The zero-order valence-corrected chi connectivity index (χ0v) is 27.2. The molecule has 6 rings (SSSR count). The molecule has 0 bridgehead atoms. The number of benzene rings is 3. The number of ether oxygens (including phenoxy) is 2. The van der Waals surface area contributed by atoms with Crippen LogP contribution in [0.25, 0.3) is 11.0 Å². The lowest BCUT2D eigenvalue weighted by molar-refractivity contribution is -0.122. The number of nitrogens with zero attached hydrogens (tertiary/aromatic N) is 4. The number of carbonyl (C=O) groups is 1. The summed E-state index contributed by atoms with van der Waals surface area (Å²) in [5, 5.41) is 6.90. The number of nitrogens with one attached hydrogen (secondary N) is 2. The van der Waals surface area contributed by atoms with Crippen molar-refractivity contribution in [3.8, 4) is 0 Å². The maximum Gasteiger partial charge on any atom is 0.227 e. The molecule has 1 amide bonds. The van der Waals surface area contributed by atoms with Crippen LogP contribution in [0.1, 0.15) is 49.4 Å². The quantitative estimate of drug-likeness (QED) is 0.224. The van der Waals surface area contributed by atoms with Crippen molar-refractivity contribution in [3.05, 3.63) is 89.5 Å². The molecule has 46 heavy (non-hydrogen) atoms. The number of aromatic nitrogens is 2. The van der Waals surface area contributed by atoms with Crippen molar-refractivity contribution in [3.63, 3.8) is 0 Å². The van der Waals surface area contributed by atoms with Crippen molar-refractivity contribution >= 4 is 34.3 Å². The molecule has 2 saturated heterocycles. The van der Waals surface area contributed by atoms with Gasteiger partial charge in [0.2, 0.25) is 5.91 Å². The summed E-state index contributed by atoms with van der Waals surface area (Å²) in [6.45, 7) is 12.8. The van der Waals surface area contributed by atoms with Crippen LogP contribution in [0.2, 0.25) is 0 Å². The molecule has 2 aliphatic rings. The first kappa shape index (κ1) is 31.8. The van der Waals surface area contributed by atoms with Crippen LogP contribution in [0.15, 0.2) is 72.8 Å². The van der Waals surface area contributed by atoms with Crippen molar-refractivity contribution in [2.45, 2.75) is 39.2 Å². The minimum atomic E-state index is -0.269. The summed E-state index contributed by atoms with van der Waals surface area (Å²) in [5.41, 5.74) is 5.98. The third-order valence-corrected chi connectivity index (χ3v) is 8.80. The monoisotopic (exact) mass is 622 g/mol. The van der Waals surface area contributed by atoms with Crippen molar-refractivity contribution in [1.82, 2.24) is 15.3 Å². The lowest BCUT2D eigenvalue weighted by Gasteiger charge is -2.34. The molecule has 3 heterocycles. The summed E-state index contributed by atoms with van der Waals surface area (Å²) >= 11 is 0. The second kappa shape index (κ2) is 14.9. The van der Waals surface area contributed by atoms with Gasteiger partial charge in [-0.2, -0.15) is 0 Å². The summed E-state index contributed by atoms with van der Waals surface area (Å²) in [6, 6.07) is 24.5. The predicted molar refractivity (Wildman–Crippen MR) is 185 cm³/mol. The highest BCUT2D eigenvalue weighted by Gasteiger charge is 2.25. The van der Waals surface area contributed by atoms with Crippen molar-refractivity contribution in [2.24, 2.45) is 5.92 Å². The number of carbonyl (C=O) groups excluding carboxylic acids is 1. The third kappa shape index (κ3) is 7.77. The Bertz CT molecular complexity index is 1580. The highest BCUT2D eigenvalue weighted by Crippen LogP contribution is 2.31. The maximum absolute atomic E-state index is 13.5. The van der Waals surface area contributed by atoms with Crippen LogP contribution in [0.3, 0.4) is 0 Å². The number of hydrogen-bond donors (Lipinski definition) is 2. The maximum atomic E-state index is 13.5. The van der Waals surface area contributed by atoms with E-state index in [0.29, 0.717) is 38.9 Å². The van der Waals surface area contributed by atoms with E-state index in [2.05, 4.69) is 76.7 Å². The zero-order chi connectivity index (χ0) is 31.9. The number of hydrogen-bond acceptors (Lipinski definition) is 8. The van der Waals surface area contributed by atoms with Gasteiger partial charge in [-0.15, -0.1) is 0 Å². The second-order valence-electron chi connectivity index (χ2n) is 12.7. The van der Waals surface area contributed by atoms with Crippen LogP contribution in [-0.4, -0.2) is 75.0 Å². The average molecular weight is 623 g/mol. The average Bonchev–Trinajstić information content (AvgIpc) is 3.10. The predicted octanol–water partition coefficient (Wildman–Crippen LogP) is 5.57. The van der Waals surface area contributed by atoms with Crippen molar-refractivity contribution in [1.29, 1.82) is 0 Å². The normalized spacial score (nSPS) is 16.8. The fourth-order valence-electron chi connectivity index (χ4n) is 6.14. The van der Waals surface area contributed by atoms with Gasteiger partial charge in [-0.3, -0.25) is 4.79 Å². The van der Waals surface area contributed by atoms with E-state index in [1.54, 1.807) is 0 Å². The molecule has 0 saturated carbocycles. The molecule has 2 fully saturated rings. The molecule has 2 N–H and O–H groups in total. The standard InChI is InChI=1S/C37H46N6O3/c1-26(2)23-28-9-11-29(12-10-28)27(3)37(44)41-34(30-7-5-4-6-8-30)25-38-31-13-14-32-33(24-31)40-36(43-17-21-46-22-18-43)35(39-32)42-15-19-45-20-16-42/h4-14,24,26-27,34,38H,15-23,25H2,1-3H3,(H,41,44)/t27?,34-/m1/s1. The number of anilines is 3. The van der Waals surface area contributed by atoms with Gasteiger partial charge >= 0.3 is 0 Å². The summed E-state index contributed by atoms with van der Waals surface area (Å²) < 4.78 is 11.2. The molecule has 1 unspecified atom stereocenters. The van der Waals surface area contributed by atoms with Gasteiger partial charge in [0.1, 0.15) is 0 Å². The highest BCUT2D eigenvalue weighted by molar-refractivity contribution is 5.85. The molecule has 9 heteroatoms. The van der Waals surface area contributed by atoms with E-state index in [0.717, 1.165) is 72.1 Å². The van der Waals surface area contributed by atoms with Gasteiger partial charge in [0, 0.05) is 38.4 Å². The second-order valence-corrected chi connectivity index (χ2v) is 12.7.